The van der Waals surface area contributed by atoms with Crippen molar-refractivity contribution in [2.75, 3.05) is 6.61 Å². The van der Waals surface area contributed by atoms with Crippen molar-refractivity contribution in [3.63, 3.8) is 0 Å². The van der Waals surface area contributed by atoms with Crippen LogP contribution in [0.25, 0.3) is 11.4 Å². The van der Waals surface area contributed by atoms with Crippen LogP contribution in [0.15, 0.2) is 41.8 Å². The molecule has 0 fully saturated rings. The first-order valence-corrected chi connectivity index (χ1v) is 11.0. The van der Waals surface area contributed by atoms with Crippen molar-refractivity contribution in [3.8, 4) is 17.1 Å². The lowest BCUT2D eigenvalue weighted by molar-refractivity contribution is -0.122. The summed E-state index contributed by atoms with van der Waals surface area (Å²) in [5, 5.41) is 12.4. The third-order valence-corrected chi connectivity index (χ3v) is 5.84. The summed E-state index contributed by atoms with van der Waals surface area (Å²) in [7, 11) is 0. The van der Waals surface area contributed by atoms with E-state index in [1.807, 2.05) is 47.2 Å². The Morgan fingerprint density at radius 1 is 1.31 bits per heavy atom. The molecule has 2 aromatic heterocycles. The molecule has 0 saturated heterocycles. The molecule has 0 spiro atoms. The van der Waals surface area contributed by atoms with E-state index in [4.69, 9.17) is 17.0 Å². The second-order valence-electron chi connectivity index (χ2n) is 7.02. The van der Waals surface area contributed by atoms with Gasteiger partial charge < -0.3 is 10.1 Å². The predicted octanol–water partition coefficient (Wildman–Crippen LogP) is 4.97. The molecule has 3 aromatic rings. The number of hydrogen-bond acceptors (Lipinski definition) is 5. The SMILES string of the molecule is CCOc1ccc(-c2n[nH]c(=S)n2CCC(=O)NC(c2cccs2)C(C)C)cc1. The maximum atomic E-state index is 12.6. The Balaban J connectivity index is 1.68. The fourth-order valence-electron chi connectivity index (χ4n) is 3.11. The lowest BCUT2D eigenvalue weighted by Crippen LogP contribution is -2.31. The molecule has 2 heterocycles. The van der Waals surface area contributed by atoms with Gasteiger partial charge in [-0.25, -0.2) is 0 Å². The van der Waals surface area contributed by atoms with Crippen LogP contribution in [0.1, 0.15) is 38.1 Å². The fourth-order valence-corrected chi connectivity index (χ4v) is 4.28. The summed E-state index contributed by atoms with van der Waals surface area (Å²) < 4.78 is 7.85. The summed E-state index contributed by atoms with van der Waals surface area (Å²) >= 11 is 7.04. The smallest absolute Gasteiger partial charge is 0.222 e. The molecule has 1 aromatic carbocycles. The molecular weight excluding hydrogens is 404 g/mol. The molecule has 0 saturated carbocycles. The minimum absolute atomic E-state index is 0.00200. The number of amides is 1. The zero-order valence-electron chi connectivity index (χ0n) is 16.8. The van der Waals surface area contributed by atoms with Crippen LogP contribution < -0.4 is 10.1 Å². The van der Waals surface area contributed by atoms with Gasteiger partial charge in [0.15, 0.2) is 10.6 Å². The number of benzene rings is 1. The maximum Gasteiger partial charge on any atom is 0.222 e. The van der Waals surface area contributed by atoms with Gasteiger partial charge in [-0.15, -0.1) is 11.3 Å². The van der Waals surface area contributed by atoms with Crippen LogP contribution in [0.4, 0.5) is 0 Å². The molecule has 0 aliphatic rings. The Morgan fingerprint density at radius 3 is 2.69 bits per heavy atom. The standard InChI is InChI=1S/C21H26N4O2S2/c1-4-27-16-9-7-15(8-10-16)20-23-24-21(28)25(20)12-11-18(26)22-19(14(2)3)17-6-5-13-29-17/h5-10,13-14,19H,4,11-12H2,1-3H3,(H,22,26)(H,24,28). The Morgan fingerprint density at radius 2 is 2.07 bits per heavy atom. The van der Waals surface area contributed by atoms with Crippen LogP contribution in [0.5, 0.6) is 5.75 Å². The van der Waals surface area contributed by atoms with Gasteiger partial charge in [-0.2, -0.15) is 5.10 Å². The quantitative estimate of drug-likeness (QED) is 0.470. The van der Waals surface area contributed by atoms with Gasteiger partial charge in [-0.05, 0) is 60.8 Å². The van der Waals surface area contributed by atoms with Crippen molar-refractivity contribution in [2.24, 2.45) is 5.92 Å². The maximum absolute atomic E-state index is 12.6. The largest absolute Gasteiger partial charge is 0.494 e. The summed E-state index contributed by atoms with van der Waals surface area (Å²) in [6, 6.07) is 11.8. The van der Waals surface area contributed by atoms with Crippen LogP contribution in [0.3, 0.4) is 0 Å². The van der Waals surface area contributed by atoms with Gasteiger partial charge in [0.25, 0.3) is 0 Å². The number of hydrogen-bond donors (Lipinski definition) is 2. The van der Waals surface area contributed by atoms with Crippen molar-refractivity contribution in [1.82, 2.24) is 20.1 Å². The van der Waals surface area contributed by atoms with Crippen LogP contribution in [0, 0.1) is 10.7 Å². The van der Waals surface area contributed by atoms with E-state index in [1.165, 1.54) is 4.88 Å². The predicted molar refractivity (Wildman–Crippen MR) is 119 cm³/mol. The number of rotatable bonds is 9. The molecule has 29 heavy (non-hydrogen) atoms. The van der Waals surface area contributed by atoms with E-state index in [0.717, 1.165) is 11.3 Å². The minimum Gasteiger partial charge on any atom is -0.494 e. The van der Waals surface area contributed by atoms with Crippen molar-refractivity contribution in [1.29, 1.82) is 0 Å². The van der Waals surface area contributed by atoms with E-state index in [1.54, 1.807) is 11.3 Å². The Kier molecular flexibility index (Phi) is 7.22. The first-order valence-electron chi connectivity index (χ1n) is 9.70. The Labute approximate surface area is 179 Å². The van der Waals surface area contributed by atoms with Crippen LogP contribution in [0.2, 0.25) is 0 Å². The van der Waals surface area contributed by atoms with E-state index < -0.39 is 0 Å². The van der Waals surface area contributed by atoms with Crippen LogP contribution >= 0.6 is 23.6 Å². The number of H-pyrrole nitrogens is 1. The highest BCUT2D eigenvalue weighted by molar-refractivity contribution is 7.71. The number of carbonyl (C=O) groups excluding carboxylic acids is 1. The van der Waals surface area contributed by atoms with Crippen molar-refractivity contribution < 1.29 is 9.53 Å². The van der Waals surface area contributed by atoms with Crippen LogP contribution in [-0.4, -0.2) is 27.3 Å². The summed E-state index contributed by atoms with van der Waals surface area (Å²) in [6.07, 6.45) is 0.326. The zero-order valence-corrected chi connectivity index (χ0v) is 18.5. The molecule has 0 aliphatic heterocycles. The first-order chi connectivity index (χ1) is 14.0. The molecule has 8 heteroatoms. The Bertz CT molecular complexity index is 975. The molecule has 0 bridgehead atoms. The number of carbonyl (C=O) groups is 1. The number of aromatic amines is 1. The fraction of sp³-hybridized carbons (Fsp3) is 0.381. The molecule has 1 amide bonds. The number of nitrogens with zero attached hydrogens (tertiary/aromatic N) is 2. The number of nitrogens with one attached hydrogen (secondary N) is 2. The van der Waals surface area contributed by atoms with Gasteiger partial charge in [0.05, 0.1) is 12.6 Å². The lowest BCUT2D eigenvalue weighted by Gasteiger charge is -2.21. The summed E-state index contributed by atoms with van der Waals surface area (Å²) in [4.78, 5) is 13.8. The topological polar surface area (TPSA) is 71.9 Å². The highest BCUT2D eigenvalue weighted by atomic mass is 32.1. The second-order valence-corrected chi connectivity index (χ2v) is 8.38. The average Bonchev–Trinajstić information content (AvgIpc) is 3.35. The molecule has 1 unspecified atom stereocenters. The Hall–Kier alpha value is -2.45. The molecule has 154 valence electrons. The first kappa shape index (κ1) is 21.3. The lowest BCUT2D eigenvalue weighted by atomic mass is 10.0. The zero-order chi connectivity index (χ0) is 20.8. The van der Waals surface area contributed by atoms with Gasteiger partial charge in [0.2, 0.25) is 5.91 Å². The summed E-state index contributed by atoms with van der Waals surface area (Å²) in [6.45, 7) is 7.25. The van der Waals surface area contributed by atoms with Gasteiger partial charge in [0.1, 0.15) is 5.75 Å². The minimum atomic E-state index is -0.00200. The van der Waals surface area contributed by atoms with Gasteiger partial charge in [-0.3, -0.25) is 14.5 Å². The van der Waals surface area contributed by atoms with Crippen molar-refractivity contribution in [3.05, 3.63) is 51.4 Å². The molecule has 1 atom stereocenters. The summed E-state index contributed by atoms with van der Waals surface area (Å²) in [5.74, 6) is 1.83. The third-order valence-electron chi connectivity index (χ3n) is 4.58. The van der Waals surface area contributed by atoms with E-state index in [-0.39, 0.29) is 11.9 Å². The van der Waals surface area contributed by atoms with E-state index in [9.17, 15) is 4.79 Å². The molecular formula is C21H26N4O2S2. The molecule has 2 N–H and O–H groups in total. The third kappa shape index (κ3) is 5.33. The number of aromatic nitrogens is 3. The second kappa shape index (κ2) is 9.84. The number of thiophene rings is 1. The van der Waals surface area contributed by atoms with E-state index >= 15 is 0 Å². The average molecular weight is 431 g/mol. The highest BCUT2D eigenvalue weighted by Gasteiger charge is 2.19. The van der Waals surface area contributed by atoms with Gasteiger partial charge in [0, 0.05) is 23.4 Å². The van der Waals surface area contributed by atoms with Crippen molar-refractivity contribution >= 4 is 29.5 Å². The van der Waals surface area contributed by atoms with Gasteiger partial charge >= 0.3 is 0 Å². The van der Waals surface area contributed by atoms with E-state index in [2.05, 4.69) is 35.4 Å². The van der Waals surface area contributed by atoms with Crippen LogP contribution in [-0.2, 0) is 11.3 Å². The monoisotopic (exact) mass is 430 g/mol. The number of ether oxygens (including phenoxy) is 1. The summed E-state index contributed by atoms with van der Waals surface area (Å²) in [5.41, 5.74) is 0.917. The highest BCUT2D eigenvalue weighted by Crippen LogP contribution is 2.26. The van der Waals surface area contributed by atoms with Crippen molar-refractivity contribution in [2.45, 2.75) is 39.8 Å². The molecule has 0 radical (unpaired) electrons. The molecule has 0 aliphatic carbocycles. The normalized spacial score (nSPS) is 12.1. The molecule has 6 nitrogen and oxygen atoms in total. The van der Waals surface area contributed by atoms with E-state index in [0.29, 0.717) is 36.1 Å². The molecule has 3 rings (SSSR count). The van der Waals surface area contributed by atoms with Gasteiger partial charge in [-0.1, -0.05) is 19.9 Å².